The lowest BCUT2D eigenvalue weighted by atomic mass is 10.2. The molecule has 0 bridgehead atoms. The van der Waals surface area contributed by atoms with Crippen molar-refractivity contribution in [2.24, 2.45) is 0 Å². The Morgan fingerprint density at radius 1 is 1.28 bits per heavy atom. The molecule has 1 atom stereocenters. The molecular formula is C19H26N4O2. The van der Waals surface area contributed by atoms with E-state index in [0.717, 1.165) is 49.1 Å². The molecule has 0 saturated carbocycles. The SMILES string of the molecule is CCN(CC)C(=O)Cn1ccc2cc(NC(=O)C3CCCN3)ccc21. The Balaban J connectivity index is 1.72. The van der Waals surface area contributed by atoms with Gasteiger partial charge < -0.3 is 20.1 Å². The summed E-state index contributed by atoms with van der Waals surface area (Å²) in [5.41, 5.74) is 1.79. The van der Waals surface area contributed by atoms with Gasteiger partial charge in [-0.1, -0.05) is 0 Å². The first-order chi connectivity index (χ1) is 12.1. The number of benzene rings is 1. The largest absolute Gasteiger partial charge is 0.342 e. The van der Waals surface area contributed by atoms with Crippen LogP contribution in [0.25, 0.3) is 10.9 Å². The van der Waals surface area contributed by atoms with Gasteiger partial charge in [0.1, 0.15) is 6.54 Å². The molecule has 2 N–H and O–H groups in total. The van der Waals surface area contributed by atoms with Crippen molar-refractivity contribution in [3.63, 3.8) is 0 Å². The molecule has 0 aliphatic carbocycles. The van der Waals surface area contributed by atoms with Crippen molar-refractivity contribution >= 4 is 28.4 Å². The van der Waals surface area contributed by atoms with E-state index in [0.29, 0.717) is 6.54 Å². The van der Waals surface area contributed by atoms with Crippen LogP contribution in [-0.2, 0) is 16.1 Å². The zero-order valence-corrected chi connectivity index (χ0v) is 14.9. The zero-order chi connectivity index (χ0) is 17.8. The number of amides is 2. The number of hydrogen-bond acceptors (Lipinski definition) is 3. The number of likely N-dealkylation sites (N-methyl/N-ethyl adjacent to an activating group) is 1. The fraction of sp³-hybridized carbons (Fsp3) is 0.474. The molecule has 1 aromatic carbocycles. The number of nitrogens with one attached hydrogen (secondary N) is 2. The summed E-state index contributed by atoms with van der Waals surface area (Å²) >= 11 is 0. The number of hydrogen-bond donors (Lipinski definition) is 2. The first-order valence-corrected chi connectivity index (χ1v) is 9.03. The number of nitrogens with zero attached hydrogens (tertiary/aromatic N) is 2. The average molecular weight is 342 g/mol. The van der Waals surface area contributed by atoms with Crippen molar-refractivity contribution < 1.29 is 9.59 Å². The molecule has 2 aromatic rings. The Labute approximate surface area is 148 Å². The van der Waals surface area contributed by atoms with E-state index >= 15 is 0 Å². The minimum Gasteiger partial charge on any atom is -0.342 e. The third kappa shape index (κ3) is 3.85. The van der Waals surface area contributed by atoms with Gasteiger partial charge in [0, 0.05) is 35.9 Å². The fourth-order valence-electron chi connectivity index (χ4n) is 3.38. The second-order valence-corrected chi connectivity index (χ2v) is 6.42. The predicted molar refractivity (Wildman–Crippen MR) is 99.5 cm³/mol. The Morgan fingerprint density at radius 3 is 2.76 bits per heavy atom. The van der Waals surface area contributed by atoms with Crippen LogP contribution >= 0.6 is 0 Å². The highest BCUT2D eigenvalue weighted by Crippen LogP contribution is 2.21. The van der Waals surface area contributed by atoms with Crippen LogP contribution in [0.1, 0.15) is 26.7 Å². The van der Waals surface area contributed by atoms with E-state index in [9.17, 15) is 9.59 Å². The average Bonchev–Trinajstić information content (AvgIpc) is 3.26. The maximum Gasteiger partial charge on any atom is 0.242 e. The van der Waals surface area contributed by atoms with Gasteiger partial charge in [-0.15, -0.1) is 0 Å². The van der Waals surface area contributed by atoms with Crippen LogP contribution in [0.3, 0.4) is 0 Å². The summed E-state index contributed by atoms with van der Waals surface area (Å²) in [5, 5.41) is 7.20. The molecular weight excluding hydrogens is 316 g/mol. The molecule has 0 radical (unpaired) electrons. The smallest absolute Gasteiger partial charge is 0.242 e. The highest BCUT2D eigenvalue weighted by Gasteiger charge is 2.22. The Kier molecular flexibility index (Phi) is 5.38. The van der Waals surface area contributed by atoms with Gasteiger partial charge in [-0.3, -0.25) is 9.59 Å². The van der Waals surface area contributed by atoms with Gasteiger partial charge >= 0.3 is 0 Å². The fourth-order valence-corrected chi connectivity index (χ4v) is 3.38. The first kappa shape index (κ1) is 17.5. The van der Waals surface area contributed by atoms with Crippen LogP contribution in [0.15, 0.2) is 30.5 Å². The number of carbonyl (C=O) groups excluding carboxylic acids is 2. The van der Waals surface area contributed by atoms with E-state index in [1.54, 1.807) is 0 Å². The van der Waals surface area contributed by atoms with E-state index in [-0.39, 0.29) is 17.9 Å². The molecule has 134 valence electrons. The monoisotopic (exact) mass is 342 g/mol. The van der Waals surface area contributed by atoms with E-state index < -0.39 is 0 Å². The summed E-state index contributed by atoms with van der Waals surface area (Å²) in [6.07, 6.45) is 3.86. The minimum absolute atomic E-state index is 0.0213. The third-order valence-corrected chi connectivity index (χ3v) is 4.84. The molecule has 6 nitrogen and oxygen atoms in total. The number of anilines is 1. The molecule has 1 aliphatic heterocycles. The number of fused-ring (bicyclic) bond motifs is 1. The van der Waals surface area contributed by atoms with E-state index in [1.807, 2.05) is 53.8 Å². The number of rotatable bonds is 6. The highest BCUT2D eigenvalue weighted by atomic mass is 16.2. The quantitative estimate of drug-likeness (QED) is 0.846. The van der Waals surface area contributed by atoms with Crippen molar-refractivity contribution in [1.29, 1.82) is 0 Å². The number of aromatic nitrogens is 1. The lowest BCUT2D eigenvalue weighted by molar-refractivity contribution is -0.131. The summed E-state index contributed by atoms with van der Waals surface area (Å²) in [6.45, 7) is 6.66. The van der Waals surface area contributed by atoms with Crippen LogP contribution in [-0.4, -0.2) is 47.0 Å². The van der Waals surface area contributed by atoms with Crippen LogP contribution in [0.4, 0.5) is 5.69 Å². The second kappa shape index (κ2) is 7.70. The summed E-state index contributed by atoms with van der Waals surface area (Å²) in [7, 11) is 0. The highest BCUT2D eigenvalue weighted by molar-refractivity contribution is 5.97. The first-order valence-electron chi connectivity index (χ1n) is 9.03. The van der Waals surface area contributed by atoms with Gasteiger partial charge in [0.05, 0.1) is 6.04 Å². The van der Waals surface area contributed by atoms with Crippen molar-refractivity contribution in [3.8, 4) is 0 Å². The zero-order valence-electron chi connectivity index (χ0n) is 14.9. The summed E-state index contributed by atoms with van der Waals surface area (Å²) < 4.78 is 1.96. The van der Waals surface area contributed by atoms with Crippen molar-refractivity contribution in [2.75, 3.05) is 25.0 Å². The maximum absolute atomic E-state index is 12.3. The molecule has 0 spiro atoms. The molecule has 1 saturated heterocycles. The standard InChI is InChI=1S/C19H26N4O2/c1-3-22(4-2)18(24)13-23-11-9-14-12-15(7-8-17(14)23)21-19(25)16-6-5-10-20-16/h7-9,11-12,16,20H,3-6,10,13H2,1-2H3,(H,21,25). The Morgan fingerprint density at radius 2 is 2.08 bits per heavy atom. The van der Waals surface area contributed by atoms with Gasteiger partial charge in [-0.05, 0) is 57.5 Å². The molecule has 2 amide bonds. The van der Waals surface area contributed by atoms with Gasteiger partial charge in [0.25, 0.3) is 0 Å². The maximum atomic E-state index is 12.3. The number of carbonyl (C=O) groups is 2. The van der Waals surface area contributed by atoms with Gasteiger partial charge in [0.15, 0.2) is 0 Å². The lowest BCUT2D eigenvalue weighted by Gasteiger charge is -2.19. The van der Waals surface area contributed by atoms with Gasteiger partial charge in [0.2, 0.25) is 11.8 Å². The molecule has 1 fully saturated rings. The topological polar surface area (TPSA) is 66.4 Å². The normalized spacial score (nSPS) is 17.0. The van der Waals surface area contributed by atoms with Crippen LogP contribution in [0.2, 0.25) is 0 Å². The summed E-state index contributed by atoms with van der Waals surface area (Å²) in [5.74, 6) is 0.139. The summed E-state index contributed by atoms with van der Waals surface area (Å²) in [6, 6.07) is 7.71. The Bertz CT molecular complexity index is 758. The van der Waals surface area contributed by atoms with E-state index in [4.69, 9.17) is 0 Å². The van der Waals surface area contributed by atoms with Gasteiger partial charge in [-0.25, -0.2) is 0 Å². The van der Waals surface area contributed by atoms with Crippen LogP contribution in [0.5, 0.6) is 0 Å². The van der Waals surface area contributed by atoms with Crippen molar-refractivity contribution in [3.05, 3.63) is 30.5 Å². The molecule has 3 rings (SSSR count). The van der Waals surface area contributed by atoms with Gasteiger partial charge in [-0.2, -0.15) is 0 Å². The van der Waals surface area contributed by atoms with Crippen molar-refractivity contribution in [1.82, 2.24) is 14.8 Å². The second-order valence-electron chi connectivity index (χ2n) is 6.42. The van der Waals surface area contributed by atoms with E-state index in [2.05, 4.69) is 10.6 Å². The molecule has 2 heterocycles. The van der Waals surface area contributed by atoms with Crippen molar-refractivity contribution in [2.45, 2.75) is 39.3 Å². The van der Waals surface area contributed by atoms with Crippen LogP contribution in [0, 0.1) is 0 Å². The molecule has 25 heavy (non-hydrogen) atoms. The molecule has 1 aliphatic rings. The molecule has 1 unspecified atom stereocenters. The Hall–Kier alpha value is -2.34. The summed E-state index contributed by atoms with van der Waals surface area (Å²) in [4.78, 5) is 26.4. The molecule has 6 heteroatoms. The lowest BCUT2D eigenvalue weighted by Crippen LogP contribution is -2.35. The van der Waals surface area contributed by atoms with E-state index in [1.165, 1.54) is 0 Å². The third-order valence-electron chi connectivity index (χ3n) is 4.84. The minimum atomic E-state index is -0.0908. The molecule has 1 aromatic heterocycles. The predicted octanol–water partition coefficient (Wildman–Crippen LogP) is 2.20. The van der Waals surface area contributed by atoms with Crippen LogP contribution < -0.4 is 10.6 Å².